The maximum Gasteiger partial charge on any atom is 0.234 e. The number of aromatic nitrogens is 2. The number of nitriles is 1. The SMILES string of the molecule is N#CCSc1ccccc1NC(=O)CSc1ncc2ccccn12. The summed E-state index contributed by atoms with van der Waals surface area (Å²) in [6, 6.07) is 15.4. The van der Waals surface area contributed by atoms with E-state index in [9.17, 15) is 4.79 Å². The minimum atomic E-state index is -0.0994. The molecule has 1 N–H and O–H groups in total. The van der Waals surface area contributed by atoms with Crippen LogP contribution in [-0.4, -0.2) is 26.8 Å². The number of nitrogens with zero attached hydrogens (tertiary/aromatic N) is 3. The van der Waals surface area contributed by atoms with Crippen LogP contribution in [0.25, 0.3) is 5.52 Å². The third kappa shape index (κ3) is 3.91. The van der Waals surface area contributed by atoms with E-state index in [1.54, 1.807) is 6.20 Å². The van der Waals surface area contributed by atoms with Gasteiger partial charge in [0.2, 0.25) is 5.91 Å². The molecule has 24 heavy (non-hydrogen) atoms. The minimum Gasteiger partial charge on any atom is -0.324 e. The molecule has 0 aliphatic heterocycles. The van der Waals surface area contributed by atoms with Crippen LogP contribution in [0.3, 0.4) is 0 Å². The molecule has 0 fully saturated rings. The van der Waals surface area contributed by atoms with Crippen LogP contribution in [0, 0.1) is 11.3 Å². The summed E-state index contributed by atoms with van der Waals surface area (Å²) in [7, 11) is 0. The van der Waals surface area contributed by atoms with E-state index >= 15 is 0 Å². The van der Waals surface area contributed by atoms with E-state index in [2.05, 4.69) is 16.4 Å². The summed E-state index contributed by atoms with van der Waals surface area (Å²) in [5.41, 5.74) is 1.73. The van der Waals surface area contributed by atoms with Crippen molar-refractivity contribution in [1.29, 1.82) is 5.26 Å². The standard InChI is InChI=1S/C17H14N4OS2/c18-8-10-23-15-7-2-1-6-14(15)20-16(22)12-24-17-19-11-13-5-3-4-9-21(13)17/h1-7,9,11H,10,12H2,(H,20,22). The summed E-state index contributed by atoms with van der Waals surface area (Å²) in [5, 5.41) is 12.4. The lowest BCUT2D eigenvalue weighted by Gasteiger charge is -2.09. The molecule has 0 unspecified atom stereocenters. The number of nitrogens with one attached hydrogen (secondary N) is 1. The van der Waals surface area contributed by atoms with Crippen molar-refractivity contribution in [3.63, 3.8) is 0 Å². The smallest absolute Gasteiger partial charge is 0.234 e. The molecular formula is C17H14N4OS2. The van der Waals surface area contributed by atoms with Crippen molar-refractivity contribution in [3.05, 3.63) is 54.9 Å². The number of rotatable bonds is 6. The number of hydrogen-bond acceptors (Lipinski definition) is 5. The van der Waals surface area contributed by atoms with Gasteiger partial charge in [0.05, 0.1) is 35.0 Å². The van der Waals surface area contributed by atoms with Gasteiger partial charge in [-0.3, -0.25) is 9.20 Å². The van der Waals surface area contributed by atoms with Gasteiger partial charge in [-0.05, 0) is 24.3 Å². The van der Waals surface area contributed by atoms with Gasteiger partial charge in [0.1, 0.15) is 0 Å². The third-order valence-electron chi connectivity index (χ3n) is 3.19. The van der Waals surface area contributed by atoms with Gasteiger partial charge in [-0.1, -0.05) is 30.0 Å². The molecule has 0 aliphatic rings. The van der Waals surface area contributed by atoms with Crippen molar-refractivity contribution in [2.24, 2.45) is 0 Å². The fourth-order valence-corrected chi connectivity index (χ4v) is 3.58. The quantitative estimate of drug-likeness (QED) is 0.684. The first-order valence-corrected chi connectivity index (χ1v) is 9.18. The van der Waals surface area contributed by atoms with Crippen molar-refractivity contribution in [2.45, 2.75) is 10.1 Å². The zero-order valence-corrected chi connectivity index (χ0v) is 14.3. The first-order chi connectivity index (χ1) is 11.8. The van der Waals surface area contributed by atoms with Crippen LogP contribution >= 0.6 is 23.5 Å². The molecular weight excluding hydrogens is 340 g/mol. The van der Waals surface area contributed by atoms with E-state index in [1.165, 1.54) is 23.5 Å². The van der Waals surface area contributed by atoms with E-state index in [-0.39, 0.29) is 11.7 Å². The second kappa shape index (κ2) is 7.90. The zero-order valence-electron chi connectivity index (χ0n) is 12.7. The highest BCUT2D eigenvalue weighted by Gasteiger charge is 2.10. The Morgan fingerprint density at radius 3 is 2.92 bits per heavy atom. The van der Waals surface area contributed by atoms with Crippen molar-refractivity contribution in [3.8, 4) is 6.07 Å². The van der Waals surface area contributed by atoms with Crippen LogP contribution < -0.4 is 5.32 Å². The molecule has 0 saturated carbocycles. The molecule has 0 saturated heterocycles. The molecule has 0 bridgehead atoms. The second-order valence-electron chi connectivity index (χ2n) is 4.82. The maximum absolute atomic E-state index is 12.2. The Hall–Kier alpha value is -2.43. The van der Waals surface area contributed by atoms with Crippen molar-refractivity contribution < 1.29 is 4.79 Å². The van der Waals surface area contributed by atoms with Gasteiger partial charge < -0.3 is 5.32 Å². The molecule has 0 radical (unpaired) electrons. The van der Waals surface area contributed by atoms with Gasteiger partial charge in [-0.25, -0.2) is 4.98 Å². The number of fused-ring (bicyclic) bond motifs is 1. The van der Waals surface area contributed by atoms with E-state index in [1.807, 2.05) is 53.1 Å². The fourth-order valence-electron chi connectivity index (χ4n) is 2.15. The van der Waals surface area contributed by atoms with E-state index in [0.717, 1.165) is 21.3 Å². The van der Waals surface area contributed by atoms with Gasteiger partial charge in [-0.15, -0.1) is 11.8 Å². The van der Waals surface area contributed by atoms with Crippen molar-refractivity contribution in [1.82, 2.24) is 9.38 Å². The Labute approximate surface area is 148 Å². The lowest BCUT2D eigenvalue weighted by molar-refractivity contribution is -0.113. The van der Waals surface area contributed by atoms with E-state index in [4.69, 9.17) is 5.26 Å². The Bertz CT molecular complexity index is 901. The summed E-state index contributed by atoms with van der Waals surface area (Å²) >= 11 is 2.80. The van der Waals surface area contributed by atoms with Gasteiger partial charge in [0.25, 0.3) is 0 Å². The number of thioether (sulfide) groups is 2. The Kier molecular flexibility index (Phi) is 5.41. The second-order valence-corrected chi connectivity index (χ2v) is 6.78. The fraction of sp³-hybridized carbons (Fsp3) is 0.118. The minimum absolute atomic E-state index is 0.0994. The largest absolute Gasteiger partial charge is 0.324 e. The number of hydrogen-bond donors (Lipinski definition) is 1. The molecule has 5 nitrogen and oxygen atoms in total. The Balaban J connectivity index is 1.63. The normalized spacial score (nSPS) is 10.5. The van der Waals surface area contributed by atoms with Gasteiger partial charge in [0.15, 0.2) is 5.16 Å². The predicted molar refractivity (Wildman–Crippen MR) is 97.3 cm³/mol. The number of carbonyl (C=O) groups is 1. The number of pyridine rings is 1. The highest BCUT2D eigenvalue weighted by atomic mass is 32.2. The van der Waals surface area contributed by atoms with Crippen molar-refractivity contribution >= 4 is 40.6 Å². The number of carbonyl (C=O) groups excluding carboxylic acids is 1. The van der Waals surface area contributed by atoms with E-state index in [0.29, 0.717) is 5.75 Å². The molecule has 2 aromatic heterocycles. The molecule has 7 heteroatoms. The number of amides is 1. The van der Waals surface area contributed by atoms with Crippen LogP contribution in [0.1, 0.15) is 0 Å². The summed E-state index contributed by atoms with van der Waals surface area (Å²) in [6.07, 6.45) is 3.71. The third-order valence-corrected chi connectivity index (χ3v) is 5.10. The van der Waals surface area contributed by atoms with Crippen LogP contribution in [0.2, 0.25) is 0 Å². The average molecular weight is 354 g/mol. The van der Waals surface area contributed by atoms with Crippen LogP contribution in [0.5, 0.6) is 0 Å². The molecule has 120 valence electrons. The molecule has 0 spiro atoms. The first kappa shape index (κ1) is 16.4. The lowest BCUT2D eigenvalue weighted by Crippen LogP contribution is -2.14. The maximum atomic E-state index is 12.2. The molecule has 0 aliphatic carbocycles. The molecule has 0 atom stereocenters. The summed E-state index contributed by atoms with van der Waals surface area (Å²) < 4.78 is 1.95. The number of para-hydroxylation sites is 1. The average Bonchev–Trinajstić information content (AvgIpc) is 3.02. The molecule has 1 aromatic carbocycles. The van der Waals surface area contributed by atoms with E-state index < -0.39 is 0 Å². The monoisotopic (exact) mass is 354 g/mol. The number of imidazole rings is 1. The highest BCUT2D eigenvalue weighted by Crippen LogP contribution is 2.27. The van der Waals surface area contributed by atoms with Gasteiger partial charge in [0, 0.05) is 11.1 Å². The predicted octanol–water partition coefficient (Wildman–Crippen LogP) is 3.68. The molecule has 3 aromatic rings. The van der Waals surface area contributed by atoms with Gasteiger partial charge in [-0.2, -0.15) is 5.26 Å². The first-order valence-electron chi connectivity index (χ1n) is 7.21. The van der Waals surface area contributed by atoms with Crippen LogP contribution in [-0.2, 0) is 4.79 Å². The molecule has 3 rings (SSSR count). The number of benzene rings is 1. The Morgan fingerprint density at radius 2 is 2.04 bits per heavy atom. The topological polar surface area (TPSA) is 70.2 Å². The number of anilines is 1. The molecule has 1 amide bonds. The van der Waals surface area contributed by atoms with Crippen LogP contribution in [0.15, 0.2) is 64.9 Å². The van der Waals surface area contributed by atoms with Gasteiger partial charge >= 0.3 is 0 Å². The highest BCUT2D eigenvalue weighted by molar-refractivity contribution is 8.00. The summed E-state index contributed by atoms with van der Waals surface area (Å²) in [6.45, 7) is 0. The summed E-state index contributed by atoms with van der Waals surface area (Å²) in [4.78, 5) is 17.5. The Morgan fingerprint density at radius 1 is 1.21 bits per heavy atom. The summed E-state index contributed by atoms with van der Waals surface area (Å²) in [5.74, 6) is 0.519. The molecule has 2 heterocycles. The van der Waals surface area contributed by atoms with Crippen molar-refractivity contribution in [2.75, 3.05) is 16.8 Å². The zero-order chi connectivity index (χ0) is 16.8. The van der Waals surface area contributed by atoms with Crippen LogP contribution in [0.4, 0.5) is 5.69 Å². The lowest BCUT2D eigenvalue weighted by atomic mass is 10.3.